The van der Waals surface area contributed by atoms with Crippen LogP contribution in [0.5, 0.6) is 5.75 Å². The first-order valence-corrected chi connectivity index (χ1v) is 19.8. The number of pyridine rings is 1. The summed E-state index contributed by atoms with van der Waals surface area (Å²) in [5.74, 6) is 1.22. The van der Waals surface area contributed by atoms with Gasteiger partial charge in [-0.1, -0.05) is 49.6 Å². The number of ether oxygens (including phenoxy) is 1. The van der Waals surface area contributed by atoms with E-state index < -0.39 is 11.5 Å². The summed E-state index contributed by atoms with van der Waals surface area (Å²) in [6.07, 6.45) is 11.6. The number of aliphatic hydroxyl groups excluding tert-OH is 1. The number of aromatic nitrogens is 1. The molecule has 4 N–H and O–H groups in total. The molecule has 0 spiro atoms. The minimum absolute atomic E-state index is 0.0163. The summed E-state index contributed by atoms with van der Waals surface area (Å²) in [5.41, 5.74) is 2.42. The van der Waals surface area contributed by atoms with E-state index in [1.807, 2.05) is 4.90 Å². The normalized spacial score (nSPS) is 23.8. The van der Waals surface area contributed by atoms with Gasteiger partial charge in [0.25, 0.3) is 0 Å². The summed E-state index contributed by atoms with van der Waals surface area (Å²) in [5, 5.41) is 24.9. The van der Waals surface area contributed by atoms with E-state index in [4.69, 9.17) is 4.74 Å². The molecule has 1 saturated carbocycles. The van der Waals surface area contributed by atoms with Crippen molar-refractivity contribution in [2.45, 2.75) is 101 Å². The minimum atomic E-state index is -0.777. The number of fused-ring (bicyclic) bond motifs is 4. The van der Waals surface area contributed by atoms with Crippen molar-refractivity contribution < 1.29 is 24.5 Å². The molecule has 1 amide bonds. The van der Waals surface area contributed by atoms with Crippen LogP contribution in [-0.4, -0.2) is 88.8 Å². The number of phenolic OH excluding ortho intramolecular Hbond substituents is 1. The number of benzene rings is 2. The fourth-order valence-corrected chi connectivity index (χ4v) is 9.36. The van der Waals surface area contributed by atoms with Crippen molar-refractivity contribution in [3.63, 3.8) is 0 Å². The lowest BCUT2D eigenvalue weighted by Crippen LogP contribution is -2.53. The third-order valence-electron chi connectivity index (χ3n) is 12.6. The first kappa shape index (κ1) is 36.6. The molecule has 10 heteroatoms. The van der Waals surface area contributed by atoms with Crippen molar-refractivity contribution in [3.05, 3.63) is 75.6 Å². The molecule has 1 aliphatic carbocycles. The Hall–Kier alpha value is -3.73. The molecule has 52 heavy (non-hydrogen) atoms. The number of carbonyl (C=O) groups is 2. The van der Waals surface area contributed by atoms with E-state index in [0.29, 0.717) is 41.3 Å². The standard InChI is InChI=1S/C42H56N4O6/c47-35-12-10-33(34-11-13-38(49)44-40(34)35)36(48)27-43-21-14-29-15-24-46(25-16-29)39(50)9-5-7-30-6-4-8-32(26-30)42(19-2-1-3-20-42)41(51)52-37-28-45-22-17-31(37)18-23-45/h4,6,8,10-13,26,29,31,36-37,43,47-48H,1-3,5,7,9,14-25,27-28H2,(H,44,49)/t36-,37?/m0/s1. The number of hydrogen-bond donors (Lipinski definition) is 4. The van der Waals surface area contributed by atoms with Gasteiger partial charge >= 0.3 is 5.97 Å². The number of piperidine rings is 4. The van der Waals surface area contributed by atoms with Crippen LogP contribution >= 0.6 is 0 Å². The number of amides is 1. The van der Waals surface area contributed by atoms with E-state index in [1.165, 1.54) is 24.1 Å². The van der Waals surface area contributed by atoms with Gasteiger partial charge in [0, 0.05) is 44.1 Å². The van der Waals surface area contributed by atoms with Crippen molar-refractivity contribution in [2.24, 2.45) is 11.8 Å². The Morgan fingerprint density at radius 2 is 1.77 bits per heavy atom. The van der Waals surface area contributed by atoms with Gasteiger partial charge in [0.05, 0.1) is 17.0 Å². The van der Waals surface area contributed by atoms with E-state index in [9.17, 15) is 24.6 Å². The quantitative estimate of drug-likeness (QED) is 0.138. The Morgan fingerprint density at radius 3 is 2.52 bits per heavy atom. The predicted molar refractivity (Wildman–Crippen MR) is 201 cm³/mol. The third kappa shape index (κ3) is 8.24. The largest absolute Gasteiger partial charge is 0.506 e. The van der Waals surface area contributed by atoms with Crippen LogP contribution in [0.25, 0.3) is 10.9 Å². The highest BCUT2D eigenvalue weighted by atomic mass is 16.5. The Labute approximate surface area is 306 Å². The fourth-order valence-electron chi connectivity index (χ4n) is 9.36. The van der Waals surface area contributed by atoms with E-state index in [1.54, 1.807) is 12.1 Å². The summed E-state index contributed by atoms with van der Waals surface area (Å²) in [6, 6.07) is 14.8. The molecule has 280 valence electrons. The number of hydrogen-bond acceptors (Lipinski definition) is 8. The first-order valence-electron chi connectivity index (χ1n) is 19.8. The number of likely N-dealkylation sites (tertiary alicyclic amines) is 1. The third-order valence-corrected chi connectivity index (χ3v) is 12.6. The van der Waals surface area contributed by atoms with Gasteiger partial charge in [-0.15, -0.1) is 0 Å². The summed E-state index contributed by atoms with van der Waals surface area (Å²) in [6.45, 7) is 5.84. The molecule has 4 aliphatic heterocycles. The van der Waals surface area contributed by atoms with Crippen molar-refractivity contribution in [1.82, 2.24) is 20.1 Å². The lowest BCUT2D eigenvalue weighted by Gasteiger charge is -2.45. The number of carbonyl (C=O) groups excluding carboxylic acids is 2. The molecule has 5 heterocycles. The average Bonchev–Trinajstić information content (AvgIpc) is 3.18. The van der Waals surface area contributed by atoms with Crippen molar-refractivity contribution in [2.75, 3.05) is 45.8 Å². The zero-order chi connectivity index (χ0) is 36.1. The molecule has 5 aliphatic rings. The van der Waals surface area contributed by atoms with E-state index in [-0.39, 0.29) is 29.3 Å². The number of aromatic amines is 1. The zero-order valence-corrected chi connectivity index (χ0v) is 30.5. The zero-order valence-electron chi connectivity index (χ0n) is 30.5. The van der Waals surface area contributed by atoms with Gasteiger partial charge in [-0.2, -0.15) is 0 Å². The van der Waals surface area contributed by atoms with Crippen molar-refractivity contribution >= 4 is 22.8 Å². The number of aromatic hydroxyl groups is 1. The second-order valence-electron chi connectivity index (χ2n) is 15.9. The van der Waals surface area contributed by atoms with Crippen LogP contribution in [0.4, 0.5) is 0 Å². The van der Waals surface area contributed by atoms with Crippen molar-refractivity contribution in [3.8, 4) is 5.75 Å². The molecular weight excluding hydrogens is 656 g/mol. The lowest BCUT2D eigenvalue weighted by molar-refractivity contribution is -0.167. The monoisotopic (exact) mass is 712 g/mol. The molecule has 10 nitrogen and oxygen atoms in total. The molecule has 1 aromatic heterocycles. The molecule has 2 bridgehead atoms. The maximum absolute atomic E-state index is 14.0. The summed E-state index contributed by atoms with van der Waals surface area (Å²) in [4.78, 5) is 46.0. The van der Waals surface area contributed by atoms with Crippen LogP contribution < -0.4 is 10.9 Å². The van der Waals surface area contributed by atoms with Gasteiger partial charge in [0.1, 0.15) is 11.9 Å². The maximum atomic E-state index is 14.0. The Kier molecular flexibility index (Phi) is 11.6. The number of aliphatic hydroxyl groups is 1. The van der Waals surface area contributed by atoms with Crippen LogP contribution in [0.2, 0.25) is 0 Å². The minimum Gasteiger partial charge on any atom is -0.506 e. The highest BCUT2D eigenvalue weighted by Gasteiger charge is 2.46. The molecule has 8 rings (SSSR count). The van der Waals surface area contributed by atoms with Crippen LogP contribution in [-0.2, 0) is 26.2 Å². The molecule has 4 saturated heterocycles. The summed E-state index contributed by atoms with van der Waals surface area (Å²) >= 11 is 0. The van der Waals surface area contributed by atoms with Gasteiger partial charge in [-0.3, -0.25) is 19.3 Å². The van der Waals surface area contributed by atoms with E-state index in [2.05, 4.69) is 39.5 Å². The van der Waals surface area contributed by atoms with E-state index >= 15 is 0 Å². The molecule has 2 atom stereocenters. The molecule has 2 aromatic carbocycles. The summed E-state index contributed by atoms with van der Waals surface area (Å²) in [7, 11) is 0. The number of aryl methyl sites for hydroxylation is 1. The number of nitrogens with zero attached hydrogens (tertiary/aromatic N) is 2. The van der Waals surface area contributed by atoms with Crippen LogP contribution in [0.3, 0.4) is 0 Å². The van der Waals surface area contributed by atoms with Crippen LogP contribution in [0.1, 0.15) is 99.8 Å². The fraction of sp³-hybridized carbons (Fsp3) is 0.595. The molecule has 3 aromatic rings. The Bertz CT molecular complexity index is 1750. The van der Waals surface area contributed by atoms with Gasteiger partial charge in [-0.05, 0) is 118 Å². The number of esters is 1. The SMILES string of the molecule is O=C(CCCc1cccc(C2(C(=O)OC3CN4CCC3CC4)CCCCC2)c1)N1CCC(CCNC[C@H](O)c2ccc(O)c3[nH]c(=O)ccc23)CC1. The molecule has 0 radical (unpaired) electrons. The highest BCUT2D eigenvalue weighted by Crippen LogP contribution is 2.42. The van der Waals surface area contributed by atoms with Gasteiger partial charge in [0.2, 0.25) is 11.5 Å². The number of H-pyrrole nitrogens is 1. The molecular formula is C42H56N4O6. The van der Waals surface area contributed by atoms with Crippen LogP contribution in [0, 0.1) is 11.8 Å². The Balaban J connectivity index is 0.838. The Morgan fingerprint density at radius 1 is 0.981 bits per heavy atom. The molecule has 5 fully saturated rings. The van der Waals surface area contributed by atoms with Gasteiger partial charge in [-0.25, -0.2) is 0 Å². The van der Waals surface area contributed by atoms with E-state index in [0.717, 1.165) is 115 Å². The second kappa shape index (κ2) is 16.5. The topological polar surface area (TPSA) is 135 Å². The highest BCUT2D eigenvalue weighted by molar-refractivity contribution is 5.87. The first-order chi connectivity index (χ1) is 25.3. The molecule has 1 unspecified atom stereocenters. The maximum Gasteiger partial charge on any atom is 0.316 e. The average molecular weight is 713 g/mol. The van der Waals surface area contributed by atoms with Gasteiger partial charge < -0.3 is 30.2 Å². The second-order valence-corrected chi connectivity index (χ2v) is 15.9. The predicted octanol–water partition coefficient (Wildman–Crippen LogP) is 5.35. The number of phenols is 1. The number of rotatable bonds is 13. The van der Waals surface area contributed by atoms with Crippen LogP contribution in [0.15, 0.2) is 53.3 Å². The smallest absolute Gasteiger partial charge is 0.316 e. The lowest BCUT2D eigenvalue weighted by atomic mass is 9.69. The van der Waals surface area contributed by atoms with Gasteiger partial charge in [0.15, 0.2) is 0 Å². The number of nitrogens with one attached hydrogen (secondary N) is 2. The van der Waals surface area contributed by atoms with Crippen molar-refractivity contribution in [1.29, 1.82) is 0 Å². The summed E-state index contributed by atoms with van der Waals surface area (Å²) < 4.78 is 6.36.